The number of nitrogens with zero attached hydrogens (tertiary/aromatic N) is 4. The molecule has 3 aromatic carbocycles. The van der Waals surface area contributed by atoms with Gasteiger partial charge in [-0.15, -0.1) is 0 Å². The number of aromatic nitrogens is 1. The number of amides is 1. The summed E-state index contributed by atoms with van der Waals surface area (Å²) in [6, 6.07) is 19.7. The molecule has 0 unspecified atom stereocenters. The Morgan fingerprint density at radius 2 is 1.76 bits per heavy atom. The number of halogens is 1. The molecule has 0 aliphatic carbocycles. The highest BCUT2D eigenvalue weighted by molar-refractivity contribution is 9.10. The Labute approximate surface area is 235 Å². The lowest BCUT2D eigenvalue weighted by Gasteiger charge is -2.25. The molecule has 0 atom stereocenters. The van der Waals surface area contributed by atoms with Crippen molar-refractivity contribution in [2.45, 2.75) is 25.2 Å². The van der Waals surface area contributed by atoms with Gasteiger partial charge < -0.3 is 4.90 Å². The summed E-state index contributed by atoms with van der Waals surface area (Å²) in [7, 11) is -3.73. The van der Waals surface area contributed by atoms with Gasteiger partial charge >= 0.3 is 0 Å². The van der Waals surface area contributed by atoms with E-state index < -0.39 is 10.0 Å². The van der Waals surface area contributed by atoms with Gasteiger partial charge in [0.25, 0.3) is 15.9 Å². The minimum atomic E-state index is -3.73. The van der Waals surface area contributed by atoms with Crippen LogP contribution in [0.2, 0.25) is 0 Å². The number of carbonyl (C=O) groups is 1. The summed E-state index contributed by atoms with van der Waals surface area (Å²) in [5, 5.41) is 0.626. The predicted molar refractivity (Wildman–Crippen MR) is 158 cm³/mol. The van der Waals surface area contributed by atoms with Crippen molar-refractivity contribution < 1.29 is 13.2 Å². The minimum Gasteiger partial charge on any atom is -0.302 e. The van der Waals surface area contributed by atoms with E-state index in [9.17, 15) is 13.2 Å². The number of rotatable bonds is 9. The number of anilines is 2. The first kappa shape index (κ1) is 26.8. The smallest absolute Gasteiger partial charge is 0.264 e. The van der Waals surface area contributed by atoms with Crippen LogP contribution in [0.3, 0.4) is 0 Å². The minimum absolute atomic E-state index is 0.172. The third kappa shape index (κ3) is 5.22. The van der Waals surface area contributed by atoms with Gasteiger partial charge in [0.15, 0.2) is 5.13 Å². The molecule has 1 amide bonds. The van der Waals surface area contributed by atoms with E-state index in [1.165, 1.54) is 27.8 Å². The normalized spacial score (nSPS) is 13.3. The van der Waals surface area contributed by atoms with Crippen molar-refractivity contribution in [2.24, 2.45) is 0 Å². The number of para-hydroxylation sites is 1. The molecule has 0 saturated carbocycles. The van der Waals surface area contributed by atoms with E-state index in [-0.39, 0.29) is 10.8 Å². The maximum Gasteiger partial charge on any atom is 0.264 e. The van der Waals surface area contributed by atoms with Crippen molar-refractivity contribution in [3.63, 3.8) is 0 Å². The van der Waals surface area contributed by atoms with Gasteiger partial charge in [-0.25, -0.2) is 13.4 Å². The molecule has 38 heavy (non-hydrogen) atoms. The summed E-state index contributed by atoms with van der Waals surface area (Å²) >= 11 is 4.98. The summed E-state index contributed by atoms with van der Waals surface area (Å²) in [6.45, 7) is 7.57. The van der Waals surface area contributed by atoms with Crippen LogP contribution >= 0.6 is 27.3 Å². The molecule has 0 spiro atoms. The van der Waals surface area contributed by atoms with Crippen LogP contribution in [0.15, 0.2) is 76.1 Å². The Kier molecular flexibility index (Phi) is 7.85. The summed E-state index contributed by atoms with van der Waals surface area (Å²) in [4.78, 5) is 22.6. The molecule has 0 saturated heterocycles. The van der Waals surface area contributed by atoms with Crippen molar-refractivity contribution >= 4 is 64.2 Å². The second kappa shape index (κ2) is 11.1. The van der Waals surface area contributed by atoms with Gasteiger partial charge in [0.05, 0.1) is 20.8 Å². The van der Waals surface area contributed by atoms with Crippen LogP contribution in [0.4, 0.5) is 10.8 Å². The molecule has 1 aliphatic heterocycles. The molecule has 5 rings (SSSR count). The summed E-state index contributed by atoms with van der Waals surface area (Å²) in [6.07, 6.45) is 0.687. The van der Waals surface area contributed by atoms with Crippen LogP contribution in [0.25, 0.3) is 10.2 Å². The Hall–Kier alpha value is -2.79. The van der Waals surface area contributed by atoms with Crippen molar-refractivity contribution in [3.8, 4) is 0 Å². The number of likely N-dealkylation sites (N-methyl/N-ethyl adjacent to an activating group) is 1. The van der Waals surface area contributed by atoms with E-state index in [2.05, 4.69) is 34.7 Å². The van der Waals surface area contributed by atoms with Gasteiger partial charge in [-0.05, 0) is 73.6 Å². The van der Waals surface area contributed by atoms with Gasteiger partial charge in [0, 0.05) is 29.7 Å². The number of benzene rings is 3. The molecular weight excluding hydrogens is 584 g/mol. The third-order valence-corrected chi connectivity index (χ3v) is 10.2. The zero-order chi connectivity index (χ0) is 26.9. The molecule has 198 valence electrons. The molecule has 0 N–H and O–H groups in total. The van der Waals surface area contributed by atoms with Crippen LogP contribution in [0, 0.1) is 0 Å². The fourth-order valence-corrected chi connectivity index (χ4v) is 7.72. The first-order valence-corrected chi connectivity index (χ1v) is 15.7. The molecule has 1 aromatic heterocycles. The zero-order valence-electron chi connectivity index (χ0n) is 21.3. The summed E-state index contributed by atoms with van der Waals surface area (Å²) < 4.78 is 30.2. The van der Waals surface area contributed by atoms with Crippen LogP contribution < -0.4 is 9.21 Å². The van der Waals surface area contributed by atoms with E-state index in [0.29, 0.717) is 36.8 Å². The van der Waals surface area contributed by atoms with Gasteiger partial charge in [0.2, 0.25) is 0 Å². The standard InChI is InChI=1S/C28H29BrN4O3S2/c1-3-31(4-2)17-18-32(28-30-24-14-11-22(29)19-26(24)37-28)27(34)21-9-12-23(13-10-21)38(35,36)33-16-15-20-7-5-6-8-25(20)33/h5-14,19H,3-4,15-18H2,1-2H3. The number of hydrogen-bond acceptors (Lipinski definition) is 6. The zero-order valence-corrected chi connectivity index (χ0v) is 24.5. The fraction of sp³-hybridized carbons (Fsp3) is 0.286. The van der Waals surface area contributed by atoms with Gasteiger partial charge in [0.1, 0.15) is 0 Å². The molecule has 2 heterocycles. The Balaban J connectivity index is 1.43. The maximum atomic E-state index is 13.8. The van der Waals surface area contributed by atoms with E-state index >= 15 is 0 Å². The average molecular weight is 614 g/mol. The molecular formula is C28H29BrN4O3S2. The lowest BCUT2D eigenvalue weighted by atomic mass is 10.2. The van der Waals surface area contributed by atoms with E-state index in [1.807, 2.05) is 42.5 Å². The first-order valence-electron chi connectivity index (χ1n) is 12.6. The first-order chi connectivity index (χ1) is 18.3. The van der Waals surface area contributed by atoms with Gasteiger partial charge in [-0.2, -0.15) is 0 Å². The average Bonchev–Trinajstić information content (AvgIpc) is 3.55. The highest BCUT2D eigenvalue weighted by Crippen LogP contribution is 2.34. The summed E-state index contributed by atoms with van der Waals surface area (Å²) in [5.41, 5.74) is 3.00. The monoisotopic (exact) mass is 612 g/mol. The highest BCUT2D eigenvalue weighted by atomic mass is 79.9. The molecule has 4 aromatic rings. The second-order valence-corrected chi connectivity index (χ2v) is 12.9. The molecule has 0 fully saturated rings. The number of carbonyl (C=O) groups excluding carboxylic acids is 1. The topological polar surface area (TPSA) is 73.8 Å². The lowest BCUT2D eigenvalue weighted by Crippen LogP contribution is -2.39. The van der Waals surface area contributed by atoms with E-state index in [0.717, 1.165) is 39.0 Å². The lowest BCUT2D eigenvalue weighted by molar-refractivity contribution is 0.0983. The van der Waals surface area contributed by atoms with Crippen molar-refractivity contribution in [3.05, 3.63) is 82.3 Å². The number of hydrogen-bond donors (Lipinski definition) is 0. The van der Waals surface area contributed by atoms with Crippen LogP contribution in [0.5, 0.6) is 0 Å². The largest absolute Gasteiger partial charge is 0.302 e. The van der Waals surface area contributed by atoms with E-state index in [1.54, 1.807) is 17.0 Å². The SMILES string of the molecule is CCN(CC)CCN(C(=O)c1ccc(S(=O)(=O)N2CCc3ccccc32)cc1)c1nc2ccc(Br)cc2s1. The van der Waals surface area contributed by atoms with E-state index in [4.69, 9.17) is 4.98 Å². The fourth-order valence-electron chi connectivity index (χ4n) is 4.68. The predicted octanol–water partition coefficient (Wildman–Crippen LogP) is 5.80. The van der Waals surface area contributed by atoms with Crippen molar-refractivity contribution in [1.82, 2.24) is 9.88 Å². The quantitative estimate of drug-likeness (QED) is 0.239. The Bertz CT molecular complexity index is 1570. The summed E-state index contributed by atoms with van der Waals surface area (Å²) in [5.74, 6) is -0.203. The number of sulfonamides is 1. The van der Waals surface area contributed by atoms with Crippen LogP contribution in [-0.2, 0) is 16.4 Å². The van der Waals surface area contributed by atoms with Gasteiger partial charge in [-0.1, -0.05) is 59.3 Å². The van der Waals surface area contributed by atoms with Crippen molar-refractivity contribution in [2.75, 3.05) is 41.9 Å². The van der Waals surface area contributed by atoms with Crippen LogP contribution in [-0.4, -0.2) is 56.9 Å². The molecule has 1 aliphatic rings. The number of thiazole rings is 1. The Morgan fingerprint density at radius 1 is 1.03 bits per heavy atom. The maximum absolute atomic E-state index is 13.8. The third-order valence-electron chi connectivity index (χ3n) is 6.88. The van der Waals surface area contributed by atoms with Crippen LogP contribution in [0.1, 0.15) is 29.8 Å². The molecule has 10 heteroatoms. The highest BCUT2D eigenvalue weighted by Gasteiger charge is 2.31. The molecule has 0 bridgehead atoms. The second-order valence-electron chi connectivity index (χ2n) is 9.07. The van der Waals surface area contributed by atoms with Crippen molar-refractivity contribution in [1.29, 1.82) is 0 Å². The molecule has 7 nitrogen and oxygen atoms in total. The number of fused-ring (bicyclic) bond motifs is 2. The molecule has 0 radical (unpaired) electrons. The Morgan fingerprint density at radius 3 is 2.50 bits per heavy atom. The van der Waals surface area contributed by atoms with Gasteiger partial charge in [-0.3, -0.25) is 14.0 Å².